The van der Waals surface area contributed by atoms with Gasteiger partial charge < -0.3 is 15.4 Å². The summed E-state index contributed by atoms with van der Waals surface area (Å²) in [6.07, 6.45) is 1.72. The maximum Gasteiger partial charge on any atom is 0.191 e. The van der Waals surface area contributed by atoms with Gasteiger partial charge in [-0.05, 0) is 32.0 Å². The smallest absolute Gasteiger partial charge is 0.191 e. The standard InChI is InChI=1S/C17H24ClN5O/c1-4-19-17(21-12-14-9-10-22-23(14)3)20-11-13(2)24-16-8-6-5-7-15(16)18/h5-10,13H,4,11-12H2,1-3H3,(H2,19,20,21). The number of aryl methyl sites for hydroxylation is 1. The topological polar surface area (TPSA) is 63.5 Å². The third-order valence-corrected chi connectivity index (χ3v) is 3.70. The molecule has 2 N–H and O–H groups in total. The molecule has 0 radical (unpaired) electrons. The molecule has 0 spiro atoms. The van der Waals surface area contributed by atoms with Crippen molar-refractivity contribution < 1.29 is 4.74 Å². The highest BCUT2D eigenvalue weighted by Crippen LogP contribution is 2.23. The first kappa shape index (κ1) is 18.1. The van der Waals surface area contributed by atoms with Crippen LogP contribution < -0.4 is 15.4 Å². The van der Waals surface area contributed by atoms with Gasteiger partial charge in [0.2, 0.25) is 0 Å². The Kier molecular flexibility index (Phi) is 6.93. The largest absolute Gasteiger partial charge is 0.487 e. The normalized spacial score (nSPS) is 12.8. The second-order valence-corrected chi connectivity index (χ2v) is 5.79. The quantitative estimate of drug-likeness (QED) is 0.595. The van der Waals surface area contributed by atoms with Crippen molar-refractivity contribution in [3.8, 4) is 5.75 Å². The van der Waals surface area contributed by atoms with Crippen LogP contribution in [0.2, 0.25) is 5.02 Å². The fourth-order valence-electron chi connectivity index (χ4n) is 2.10. The Balaban J connectivity index is 1.88. The summed E-state index contributed by atoms with van der Waals surface area (Å²) in [4.78, 5) is 4.57. The molecular weight excluding hydrogens is 326 g/mol. The van der Waals surface area contributed by atoms with Crippen molar-refractivity contribution in [1.29, 1.82) is 0 Å². The zero-order valence-corrected chi connectivity index (χ0v) is 15.0. The number of rotatable bonds is 7. The van der Waals surface area contributed by atoms with Gasteiger partial charge in [-0.3, -0.25) is 4.68 Å². The molecule has 0 aliphatic heterocycles. The fourth-order valence-corrected chi connectivity index (χ4v) is 2.28. The number of nitrogens with one attached hydrogen (secondary N) is 2. The van der Waals surface area contributed by atoms with Crippen molar-refractivity contribution in [2.45, 2.75) is 26.5 Å². The van der Waals surface area contributed by atoms with Gasteiger partial charge in [-0.1, -0.05) is 23.7 Å². The molecule has 24 heavy (non-hydrogen) atoms. The molecule has 1 aromatic heterocycles. The van der Waals surface area contributed by atoms with E-state index in [1.165, 1.54) is 0 Å². The lowest BCUT2D eigenvalue weighted by Crippen LogP contribution is -2.41. The summed E-state index contributed by atoms with van der Waals surface area (Å²) in [6, 6.07) is 9.42. The van der Waals surface area contributed by atoms with E-state index in [2.05, 4.69) is 20.7 Å². The van der Waals surface area contributed by atoms with Gasteiger partial charge in [-0.2, -0.15) is 5.10 Å². The minimum atomic E-state index is -0.0505. The third-order valence-electron chi connectivity index (χ3n) is 3.39. The van der Waals surface area contributed by atoms with Gasteiger partial charge in [0, 0.05) is 19.8 Å². The lowest BCUT2D eigenvalue weighted by Gasteiger charge is -2.18. The van der Waals surface area contributed by atoms with E-state index in [0.29, 0.717) is 23.9 Å². The summed E-state index contributed by atoms with van der Waals surface area (Å²) < 4.78 is 7.67. The first-order valence-electron chi connectivity index (χ1n) is 8.00. The number of halogens is 1. The molecule has 7 heteroatoms. The minimum absolute atomic E-state index is 0.0505. The van der Waals surface area contributed by atoms with Crippen molar-refractivity contribution in [3.05, 3.63) is 47.2 Å². The Hall–Kier alpha value is -2.21. The van der Waals surface area contributed by atoms with Gasteiger partial charge >= 0.3 is 0 Å². The summed E-state index contributed by atoms with van der Waals surface area (Å²) in [7, 11) is 1.91. The first-order valence-corrected chi connectivity index (χ1v) is 8.38. The SMILES string of the molecule is CCNC(=NCc1ccnn1C)NCC(C)Oc1ccccc1Cl. The van der Waals surface area contributed by atoms with Crippen molar-refractivity contribution in [1.82, 2.24) is 20.4 Å². The van der Waals surface area contributed by atoms with Crippen LogP contribution in [0.1, 0.15) is 19.5 Å². The third kappa shape index (κ3) is 5.45. The van der Waals surface area contributed by atoms with Gasteiger partial charge in [0.05, 0.1) is 23.8 Å². The van der Waals surface area contributed by atoms with Gasteiger partial charge in [0.15, 0.2) is 5.96 Å². The second kappa shape index (κ2) is 9.17. The number of guanidine groups is 1. The molecule has 0 fully saturated rings. The van der Waals surface area contributed by atoms with Crippen LogP contribution in [0, 0.1) is 0 Å². The Morgan fingerprint density at radius 2 is 2.12 bits per heavy atom. The van der Waals surface area contributed by atoms with Crippen LogP contribution in [0.25, 0.3) is 0 Å². The highest BCUT2D eigenvalue weighted by atomic mass is 35.5. The van der Waals surface area contributed by atoms with Crippen LogP contribution >= 0.6 is 11.6 Å². The molecule has 1 atom stereocenters. The average molecular weight is 350 g/mol. The zero-order valence-electron chi connectivity index (χ0n) is 14.3. The Bertz CT molecular complexity index is 671. The number of nitrogens with zero attached hydrogens (tertiary/aromatic N) is 3. The van der Waals surface area contributed by atoms with Crippen LogP contribution in [-0.2, 0) is 13.6 Å². The second-order valence-electron chi connectivity index (χ2n) is 5.38. The molecule has 0 saturated heterocycles. The summed E-state index contributed by atoms with van der Waals surface area (Å²) >= 11 is 6.11. The maximum absolute atomic E-state index is 6.11. The van der Waals surface area contributed by atoms with Crippen LogP contribution in [0.3, 0.4) is 0 Å². The van der Waals surface area contributed by atoms with Crippen LogP contribution in [0.4, 0.5) is 0 Å². The van der Waals surface area contributed by atoms with E-state index < -0.39 is 0 Å². The first-order chi connectivity index (χ1) is 11.6. The van der Waals surface area contributed by atoms with Gasteiger partial charge in [-0.25, -0.2) is 4.99 Å². The molecule has 2 aromatic rings. The van der Waals surface area contributed by atoms with Gasteiger partial charge in [0.25, 0.3) is 0 Å². The van der Waals surface area contributed by atoms with E-state index in [4.69, 9.17) is 16.3 Å². The molecule has 6 nitrogen and oxygen atoms in total. The molecule has 0 amide bonds. The highest BCUT2D eigenvalue weighted by molar-refractivity contribution is 6.32. The van der Waals surface area contributed by atoms with Crippen molar-refractivity contribution in [3.63, 3.8) is 0 Å². The van der Waals surface area contributed by atoms with Crippen LogP contribution in [-0.4, -0.2) is 34.9 Å². The molecule has 1 aromatic carbocycles. The van der Waals surface area contributed by atoms with Crippen LogP contribution in [0.15, 0.2) is 41.5 Å². The minimum Gasteiger partial charge on any atom is -0.487 e. The van der Waals surface area contributed by atoms with E-state index in [9.17, 15) is 0 Å². The number of para-hydroxylation sites is 1. The molecule has 1 unspecified atom stereocenters. The van der Waals surface area contributed by atoms with Gasteiger partial charge in [0.1, 0.15) is 11.9 Å². The molecule has 0 aliphatic rings. The van der Waals surface area contributed by atoms with Crippen molar-refractivity contribution >= 4 is 17.6 Å². The lowest BCUT2D eigenvalue weighted by atomic mass is 10.3. The number of aliphatic imine (C=N–C) groups is 1. The van der Waals surface area contributed by atoms with Crippen LogP contribution in [0.5, 0.6) is 5.75 Å². The number of aromatic nitrogens is 2. The Morgan fingerprint density at radius 1 is 1.33 bits per heavy atom. The Morgan fingerprint density at radius 3 is 2.79 bits per heavy atom. The Labute approximate surface area is 147 Å². The number of hydrogen-bond donors (Lipinski definition) is 2. The summed E-state index contributed by atoms with van der Waals surface area (Å²) in [6.45, 7) is 5.98. The molecule has 2 rings (SSSR count). The van der Waals surface area contributed by atoms with E-state index in [1.807, 2.05) is 55.9 Å². The maximum atomic E-state index is 6.11. The zero-order chi connectivity index (χ0) is 17.4. The molecular formula is C17H24ClN5O. The summed E-state index contributed by atoms with van der Waals surface area (Å²) in [5, 5.41) is 11.3. The van der Waals surface area contributed by atoms with E-state index in [0.717, 1.165) is 18.2 Å². The molecule has 0 aliphatic carbocycles. The number of hydrogen-bond acceptors (Lipinski definition) is 3. The van der Waals surface area contributed by atoms with Crippen molar-refractivity contribution in [2.24, 2.45) is 12.0 Å². The lowest BCUT2D eigenvalue weighted by molar-refractivity contribution is 0.224. The van der Waals surface area contributed by atoms with Crippen molar-refractivity contribution in [2.75, 3.05) is 13.1 Å². The monoisotopic (exact) mass is 349 g/mol. The van der Waals surface area contributed by atoms with E-state index in [1.54, 1.807) is 6.20 Å². The van der Waals surface area contributed by atoms with E-state index in [-0.39, 0.29) is 6.10 Å². The molecule has 0 bridgehead atoms. The molecule has 0 saturated carbocycles. The number of benzene rings is 1. The number of ether oxygens (including phenoxy) is 1. The molecule has 130 valence electrons. The molecule has 1 heterocycles. The average Bonchev–Trinajstić information content (AvgIpc) is 2.97. The predicted molar refractivity (Wildman–Crippen MR) is 97.6 cm³/mol. The van der Waals surface area contributed by atoms with E-state index >= 15 is 0 Å². The highest BCUT2D eigenvalue weighted by Gasteiger charge is 2.08. The predicted octanol–water partition coefficient (Wildman–Crippen LogP) is 2.60. The van der Waals surface area contributed by atoms with Gasteiger partial charge in [-0.15, -0.1) is 0 Å². The fraction of sp³-hybridized carbons (Fsp3) is 0.412. The summed E-state index contributed by atoms with van der Waals surface area (Å²) in [5.41, 5.74) is 1.05. The summed E-state index contributed by atoms with van der Waals surface area (Å²) in [5.74, 6) is 1.43.